The lowest BCUT2D eigenvalue weighted by atomic mass is 10.1. The van der Waals surface area contributed by atoms with E-state index in [0.717, 1.165) is 22.4 Å². The maximum absolute atomic E-state index is 12.7. The topological polar surface area (TPSA) is 71.5 Å². The number of thiazole rings is 1. The fourth-order valence-electron chi connectivity index (χ4n) is 3.49. The van der Waals surface area contributed by atoms with Crippen LogP contribution >= 0.6 is 11.3 Å². The van der Waals surface area contributed by atoms with Crippen LogP contribution in [-0.4, -0.2) is 41.4 Å². The van der Waals surface area contributed by atoms with Gasteiger partial charge in [-0.2, -0.15) is 0 Å². The molecule has 2 aromatic carbocycles. The number of anilines is 1. The number of ether oxygens (including phenoxy) is 1. The SMILES string of the molecule is CCOc1ccc2nc(NC(=O)C3CC(=O)N(CCc4ccccc4)C3)sc2c1. The van der Waals surface area contributed by atoms with Crippen LogP contribution in [0.1, 0.15) is 18.9 Å². The van der Waals surface area contributed by atoms with Crippen molar-refractivity contribution in [3.8, 4) is 5.75 Å². The van der Waals surface area contributed by atoms with Crippen molar-refractivity contribution >= 4 is 38.5 Å². The van der Waals surface area contributed by atoms with Crippen molar-refractivity contribution in [1.29, 1.82) is 0 Å². The zero-order valence-corrected chi connectivity index (χ0v) is 17.1. The van der Waals surface area contributed by atoms with Gasteiger partial charge in [-0.15, -0.1) is 0 Å². The van der Waals surface area contributed by atoms with Gasteiger partial charge in [-0.3, -0.25) is 9.59 Å². The number of carbonyl (C=O) groups is 2. The lowest BCUT2D eigenvalue weighted by Gasteiger charge is -2.16. The van der Waals surface area contributed by atoms with Crippen LogP contribution in [-0.2, 0) is 16.0 Å². The molecule has 1 saturated heterocycles. The van der Waals surface area contributed by atoms with Gasteiger partial charge in [0.25, 0.3) is 0 Å². The molecule has 6 nitrogen and oxygen atoms in total. The number of benzene rings is 2. The molecule has 1 N–H and O–H groups in total. The predicted octanol–water partition coefficient (Wildman–Crippen LogP) is 3.72. The molecule has 3 aromatic rings. The van der Waals surface area contributed by atoms with Gasteiger partial charge in [0.15, 0.2) is 5.13 Å². The molecule has 1 aliphatic rings. The number of likely N-dealkylation sites (tertiary alicyclic amines) is 1. The molecule has 7 heteroatoms. The first-order chi connectivity index (χ1) is 14.1. The van der Waals surface area contributed by atoms with E-state index in [2.05, 4.69) is 22.4 Å². The van der Waals surface area contributed by atoms with Gasteiger partial charge in [0.1, 0.15) is 5.75 Å². The summed E-state index contributed by atoms with van der Waals surface area (Å²) in [5.74, 6) is 0.331. The molecule has 0 bridgehead atoms. The van der Waals surface area contributed by atoms with Crippen LogP contribution in [0.15, 0.2) is 48.5 Å². The zero-order chi connectivity index (χ0) is 20.2. The van der Waals surface area contributed by atoms with Crippen LogP contribution in [0.3, 0.4) is 0 Å². The first-order valence-electron chi connectivity index (χ1n) is 9.78. The van der Waals surface area contributed by atoms with Crippen LogP contribution in [0, 0.1) is 5.92 Å². The highest BCUT2D eigenvalue weighted by Gasteiger charge is 2.34. The number of fused-ring (bicyclic) bond motifs is 1. The highest BCUT2D eigenvalue weighted by Crippen LogP contribution is 2.30. The third kappa shape index (κ3) is 4.56. The third-order valence-corrected chi connectivity index (χ3v) is 5.93. The van der Waals surface area contributed by atoms with Gasteiger partial charge in [0.2, 0.25) is 11.8 Å². The van der Waals surface area contributed by atoms with Crippen molar-refractivity contribution < 1.29 is 14.3 Å². The molecular weight excluding hydrogens is 386 g/mol. The number of hydrogen-bond acceptors (Lipinski definition) is 5. The van der Waals surface area contributed by atoms with Crippen LogP contribution in [0.4, 0.5) is 5.13 Å². The normalized spacial score (nSPS) is 16.4. The molecule has 1 unspecified atom stereocenters. The van der Waals surface area contributed by atoms with Gasteiger partial charge in [-0.1, -0.05) is 41.7 Å². The van der Waals surface area contributed by atoms with Crippen molar-refractivity contribution in [3.63, 3.8) is 0 Å². The van der Waals surface area contributed by atoms with Crippen molar-refractivity contribution in [2.75, 3.05) is 25.0 Å². The van der Waals surface area contributed by atoms with Crippen LogP contribution in [0.2, 0.25) is 0 Å². The molecule has 1 atom stereocenters. The average Bonchev–Trinajstić information content (AvgIpc) is 3.29. The summed E-state index contributed by atoms with van der Waals surface area (Å²) in [5.41, 5.74) is 2.01. The summed E-state index contributed by atoms with van der Waals surface area (Å²) in [6.45, 7) is 3.63. The molecule has 0 radical (unpaired) electrons. The summed E-state index contributed by atoms with van der Waals surface area (Å²) >= 11 is 1.41. The maximum atomic E-state index is 12.7. The molecule has 150 valence electrons. The summed E-state index contributed by atoms with van der Waals surface area (Å²) in [6.07, 6.45) is 1.04. The number of amides is 2. The van der Waals surface area contributed by atoms with Gasteiger partial charge < -0.3 is 15.0 Å². The smallest absolute Gasteiger partial charge is 0.231 e. The largest absolute Gasteiger partial charge is 0.494 e. The van der Waals surface area contributed by atoms with Crippen molar-refractivity contribution in [2.24, 2.45) is 5.92 Å². The Bertz CT molecular complexity index is 1020. The summed E-state index contributed by atoms with van der Waals surface area (Å²) in [4.78, 5) is 31.3. The first-order valence-corrected chi connectivity index (χ1v) is 10.6. The van der Waals surface area contributed by atoms with E-state index in [1.54, 1.807) is 4.90 Å². The van der Waals surface area contributed by atoms with E-state index in [9.17, 15) is 9.59 Å². The fourth-order valence-corrected chi connectivity index (χ4v) is 4.39. The van der Waals surface area contributed by atoms with Crippen LogP contribution in [0.25, 0.3) is 10.2 Å². The van der Waals surface area contributed by atoms with E-state index in [1.807, 2.05) is 43.3 Å². The lowest BCUT2D eigenvalue weighted by molar-refractivity contribution is -0.128. The Balaban J connectivity index is 1.36. The van der Waals surface area contributed by atoms with Crippen molar-refractivity contribution in [2.45, 2.75) is 19.8 Å². The molecule has 0 saturated carbocycles. The monoisotopic (exact) mass is 409 g/mol. The second-order valence-corrected chi connectivity index (χ2v) is 8.08. The Morgan fingerprint density at radius 2 is 2.10 bits per heavy atom. The number of nitrogens with one attached hydrogen (secondary N) is 1. The van der Waals surface area contributed by atoms with E-state index in [-0.39, 0.29) is 24.2 Å². The highest BCUT2D eigenvalue weighted by atomic mass is 32.1. The number of hydrogen-bond donors (Lipinski definition) is 1. The molecule has 2 heterocycles. The van der Waals surface area contributed by atoms with E-state index in [4.69, 9.17) is 4.74 Å². The molecule has 4 rings (SSSR count). The van der Waals surface area contributed by atoms with E-state index in [1.165, 1.54) is 16.9 Å². The number of carbonyl (C=O) groups excluding carboxylic acids is 2. The second kappa shape index (κ2) is 8.61. The number of rotatable bonds is 7. The molecule has 1 aliphatic heterocycles. The quantitative estimate of drug-likeness (QED) is 0.646. The van der Waals surface area contributed by atoms with E-state index in [0.29, 0.717) is 24.8 Å². The molecular formula is C22H23N3O3S. The standard InChI is InChI=1S/C22H23N3O3S/c1-2-28-17-8-9-18-19(13-17)29-22(23-18)24-21(27)16-12-20(26)25(14-16)11-10-15-6-4-3-5-7-15/h3-9,13,16H,2,10-12,14H2,1H3,(H,23,24,27). The Hall–Kier alpha value is -2.93. The minimum absolute atomic E-state index is 0.0340. The van der Waals surface area contributed by atoms with Gasteiger partial charge in [-0.05, 0) is 37.1 Å². The first kappa shape index (κ1) is 19.4. The maximum Gasteiger partial charge on any atom is 0.231 e. The number of nitrogens with zero attached hydrogens (tertiary/aromatic N) is 2. The Labute approximate surface area is 173 Å². The van der Waals surface area contributed by atoms with Crippen LogP contribution < -0.4 is 10.1 Å². The van der Waals surface area contributed by atoms with Gasteiger partial charge in [-0.25, -0.2) is 4.98 Å². The third-order valence-electron chi connectivity index (χ3n) is 5.00. The summed E-state index contributed by atoms with van der Waals surface area (Å²) in [6, 6.07) is 15.7. The van der Waals surface area contributed by atoms with E-state index < -0.39 is 0 Å². The van der Waals surface area contributed by atoms with Gasteiger partial charge >= 0.3 is 0 Å². The average molecular weight is 410 g/mol. The van der Waals surface area contributed by atoms with Gasteiger partial charge in [0.05, 0.1) is 22.7 Å². The summed E-state index contributed by atoms with van der Waals surface area (Å²) in [5, 5.41) is 3.44. The lowest BCUT2D eigenvalue weighted by Crippen LogP contribution is -2.30. The summed E-state index contributed by atoms with van der Waals surface area (Å²) < 4.78 is 6.47. The Kier molecular flexibility index (Phi) is 5.76. The zero-order valence-electron chi connectivity index (χ0n) is 16.3. The highest BCUT2D eigenvalue weighted by molar-refractivity contribution is 7.22. The second-order valence-electron chi connectivity index (χ2n) is 7.05. The molecule has 0 aliphatic carbocycles. The molecule has 0 spiro atoms. The van der Waals surface area contributed by atoms with Crippen molar-refractivity contribution in [1.82, 2.24) is 9.88 Å². The molecule has 1 fully saturated rings. The van der Waals surface area contributed by atoms with Gasteiger partial charge in [0, 0.05) is 19.5 Å². The predicted molar refractivity (Wildman–Crippen MR) is 114 cm³/mol. The van der Waals surface area contributed by atoms with Crippen LogP contribution in [0.5, 0.6) is 5.75 Å². The fraction of sp³-hybridized carbons (Fsp3) is 0.318. The van der Waals surface area contributed by atoms with E-state index >= 15 is 0 Å². The summed E-state index contributed by atoms with van der Waals surface area (Å²) in [7, 11) is 0. The minimum Gasteiger partial charge on any atom is -0.494 e. The minimum atomic E-state index is -0.343. The Morgan fingerprint density at radius 3 is 2.90 bits per heavy atom. The molecule has 1 aromatic heterocycles. The van der Waals surface area contributed by atoms with Crippen molar-refractivity contribution in [3.05, 3.63) is 54.1 Å². The molecule has 29 heavy (non-hydrogen) atoms. The number of aromatic nitrogens is 1. The Morgan fingerprint density at radius 1 is 1.28 bits per heavy atom. The molecule has 2 amide bonds.